The third-order valence-corrected chi connectivity index (χ3v) is 12.8. The van der Waals surface area contributed by atoms with Gasteiger partial charge in [0.05, 0.1) is 35.6 Å². The van der Waals surface area contributed by atoms with Crippen molar-refractivity contribution in [3.8, 4) is 0 Å². The molecule has 16 heteroatoms. The molecule has 1 aliphatic heterocycles. The number of esters is 4. The zero-order valence-electron chi connectivity index (χ0n) is 35.8. The molecule has 330 valence electrons. The Kier molecular flexibility index (Phi) is 12.1. The van der Waals surface area contributed by atoms with Gasteiger partial charge in [-0.1, -0.05) is 62.4 Å². The normalized spacial score (nSPS) is 32.5. The molecule has 1 amide bonds. The molecule has 6 rings (SSSR count). The number of aliphatic hydroxyl groups is 3. The van der Waals surface area contributed by atoms with Crippen molar-refractivity contribution in [1.82, 2.24) is 5.32 Å². The predicted molar refractivity (Wildman–Crippen MR) is 213 cm³/mol. The molecule has 11 atom stereocenters. The Labute approximate surface area is 353 Å². The largest absolute Gasteiger partial charge is 0.456 e. The van der Waals surface area contributed by atoms with Gasteiger partial charge in [-0.15, -0.1) is 0 Å². The van der Waals surface area contributed by atoms with Crippen molar-refractivity contribution in [3.63, 3.8) is 0 Å². The molecule has 1 saturated heterocycles. The Morgan fingerprint density at radius 1 is 0.902 bits per heavy atom. The van der Waals surface area contributed by atoms with Gasteiger partial charge in [0.15, 0.2) is 23.6 Å². The van der Waals surface area contributed by atoms with Crippen LogP contribution >= 0.6 is 0 Å². The second kappa shape index (κ2) is 16.3. The van der Waals surface area contributed by atoms with Crippen LogP contribution < -0.4 is 5.32 Å². The van der Waals surface area contributed by atoms with Crippen molar-refractivity contribution in [2.75, 3.05) is 6.61 Å². The van der Waals surface area contributed by atoms with Crippen molar-refractivity contribution in [1.29, 1.82) is 0 Å². The number of hydrogen-bond acceptors (Lipinski definition) is 15. The summed E-state index contributed by atoms with van der Waals surface area (Å²) >= 11 is 0. The fourth-order valence-corrected chi connectivity index (χ4v) is 9.80. The maximum atomic E-state index is 15.5. The number of carbonyl (C=O) groups is 6. The number of amides is 1. The molecule has 2 saturated carbocycles. The summed E-state index contributed by atoms with van der Waals surface area (Å²) in [5.41, 5.74) is -8.30. The van der Waals surface area contributed by atoms with E-state index in [1.54, 1.807) is 83.1 Å². The van der Waals surface area contributed by atoms with Crippen molar-refractivity contribution in [2.24, 2.45) is 16.7 Å². The van der Waals surface area contributed by atoms with Crippen molar-refractivity contribution < 1.29 is 72.5 Å². The van der Waals surface area contributed by atoms with Crippen molar-refractivity contribution in [3.05, 3.63) is 82.9 Å². The minimum atomic E-state index is -2.40. The van der Waals surface area contributed by atoms with E-state index in [2.05, 4.69) is 5.32 Å². The second-order valence-corrected chi connectivity index (χ2v) is 18.2. The third-order valence-electron chi connectivity index (χ3n) is 12.8. The van der Waals surface area contributed by atoms with Crippen molar-refractivity contribution >= 4 is 35.8 Å². The Morgan fingerprint density at radius 3 is 2.05 bits per heavy atom. The first-order valence-electron chi connectivity index (χ1n) is 20.2. The van der Waals surface area contributed by atoms with Gasteiger partial charge in [0.2, 0.25) is 0 Å². The zero-order valence-corrected chi connectivity index (χ0v) is 35.8. The Balaban J connectivity index is 1.54. The fourth-order valence-electron chi connectivity index (χ4n) is 9.80. The fraction of sp³-hybridized carbons (Fsp3) is 0.556. The zero-order chi connectivity index (χ0) is 45.0. The summed E-state index contributed by atoms with van der Waals surface area (Å²) in [7, 11) is 0. The molecule has 0 unspecified atom stereocenters. The highest BCUT2D eigenvalue weighted by Gasteiger charge is 2.78. The number of ketones is 1. The maximum Gasteiger partial charge on any atom is 0.408 e. The molecule has 16 nitrogen and oxygen atoms in total. The first-order valence-corrected chi connectivity index (χ1v) is 20.2. The van der Waals surface area contributed by atoms with E-state index in [4.69, 9.17) is 28.4 Å². The molecule has 3 fully saturated rings. The second-order valence-electron chi connectivity index (χ2n) is 18.2. The highest BCUT2D eigenvalue weighted by Crippen LogP contribution is 2.64. The summed E-state index contributed by atoms with van der Waals surface area (Å²) in [6.07, 6.45) is -11.5. The van der Waals surface area contributed by atoms with E-state index < -0.39 is 118 Å². The van der Waals surface area contributed by atoms with Crippen LogP contribution in [0.3, 0.4) is 0 Å². The SMILES string of the molecule is CC(=O)O[C@H]1C(=O)[C@@]2(C)[C@H]([C@H](OC(=O)c3ccccc3)[C@]3(O)C[C@@H](OC(=O)[C@H](O)[C@@H](NC(=O)OC(C)(C)C)c4ccccc4)C(C)=C1C3(C)C)[C@]1(OC(C)=O)CO[C@@H]1C[C@@H]2O. The lowest BCUT2D eigenvalue weighted by molar-refractivity contribution is -0.346. The summed E-state index contributed by atoms with van der Waals surface area (Å²) in [4.78, 5) is 82.9. The smallest absolute Gasteiger partial charge is 0.408 e. The van der Waals surface area contributed by atoms with Gasteiger partial charge in [0.25, 0.3) is 0 Å². The lowest BCUT2D eigenvalue weighted by Crippen LogP contribution is -2.82. The highest BCUT2D eigenvalue weighted by molar-refractivity contribution is 5.95. The number of nitrogens with one attached hydrogen (secondary N) is 1. The summed E-state index contributed by atoms with van der Waals surface area (Å²) in [6.45, 7) is 12.9. The van der Waals surface area contributed by atoms with Crippen LogP contribution in [0.5, 0.6) is 0 Å². The highest BCUT2D eigenvalue weighted by atomic mass is 16.6. The molecule has 61 heavy (non-hydrogen) atoms. The summed E-state index contributed by atoms with van der Waals surface area (Å²) in [5.74, 6) is -6.30. The Morgan fingerprint density at radius 2 is 1.51 bits per heavy atom. The number of Topliss-reactive ketones (excluding diaryl/α,β-unsaturated/α-hetero) is 1. The molecule has 1 heterocycles. The number of carbonyl (C=O) groups excluding carboxylic acids is 6. The van der Waals surface area contributed by atoms with Crippen LogP contribution in [0.4, 0.5) is 4.79 Å². The van der Waals surface area contributed by atoms with Crippen molar-refractivity contribution in [2.45, 2.75) is 135 Å². The number of hydrogen-bond donors (Lipinski definition) is 4. The van der Waals surface area contributed by atoms with Gasteiger partial charge in [-0.25, -0.2) is 14.4 Å². The lowest BCUT2D eigenvalue weighted by atomic mass is 9.44. The number of fused-ring (bicyclic) bond motifs is 5. The molecule has 3 aliphatic carbocycles. The summed E-state index contributed by atoms with van der Waals surface area (Å²) in [6, 6.07) is 14.5. The number of alkyl carbamates (subject to hydrolysis) is 1. The molecule has 4 N–H and O–H groups in total. The van der Waals surface area contributed by atoms with Gasteiger partial charge in [-0.3, -0.25) is 14.4 Å². The molecule has 0 radical (unpaired) electrons. The van der Waals surface area contributed by atoms with Gasteiger partial charge in [0.1, 0.15) is 29.5 Å². The van der Waals surface area contributed by atoms with Crippen LogP contribution in [-0.2, 0) is 47.6 Å². The standard InChI is InChI=1S/C45H55NO15/c1-23-28(58-39(53)33(50)32(26-16-12-10-13-17-26)46-40(54)61-41(4,5)6)21-45(55)37(59-38(52)27-18-14-11-15-19-27)35-43(9,29(49)20-30-44(35,22-56-30)60-25(3)48)36(51)34(57-24(2)47)31(23)42(45,7)8/h10-19,28-30,32-35,37,49-50,55H,20-22H2,1-9H3,(H,46,54)/t28-,29+,30-,32+,33-,34-,35+,37+,43-,44+,45-/m1/s1. The van der Waals surface area contributed by atoms with Gasteiger partial charge in [-0.2, -0.15) is 0 Å². The van der Waals surface area contributed by atoms with Gasteiger partial charge < -0.3 is 49.1 Å². The third kappa shape index (κ3) is 7.94. The Bertz CT molecular complexity index is 2100. The molecule has 0 aromatic heterocycles. The Hall–Kier alpha value is -5.16. The van der Waals surface area contributed by atoms with Crippen LogP contribution in [0.15, 0.2) is 71.8 Å². The lowest BCUT2D eigenvalue weighted by Gasteiger charge is -2.67. The molecule has 2 bridgehead atoms. The minimum absolute atomic E-state index is 0.0126. The van der Waals surface area contributed by atoms with Gasteiger partial charge in [0, 0.05) is 32.1 Å². The summed E-state index contributed by atoms with van der Waals surface area (Å²) in [5, 5.41) is 39.9. The quantitative estimate of drug-likeness (QED) is 0.160. The summed E-state index contributed by atoms with van der Waals surface area (Å²) < 4.78 is 35.6. The van der Waals surface area contributed by atoms with E-state index in [9.17, 15) is 39.3 Å². The number of ether oxygens (including phenoxy) is 6. The number of aliphatic hydroxyl groups excluding tert-OH is 2. The minimum Gasteiger partial charge on any atom is -0.456 e. The van der Waals surface area contributed by atoms with E-state index in [0.717, 1.165) is 13.8 Å². The topological polar surface area (TPSA) is 231 Å². The first kappa shape index (κ1) is 45.4. The maximum absolute atomic E-state index is 15.5. The average Bonchev–Trinajstić information content (AvgIpc) is 3.17. The van der Waals surface area contributed by atoms with E-state index in [1.165, 1.54) is 26.0 Å². The molecule has 0 spiro atoms. The van der Waals surface area contributed by atoms with Crippen LogP contribution in [0.25, 0.3) is 0 Å². The predicted octanol–water partition coefficient (Wildman–Crippen LogP) is 3.83. The van der Waals surface area contributed by atoms with Crippen LogP contribution in [0.2, 0.25) is 0 Å². The van der Waals surface area contributed by atoms with Crippen LogP contribution in [-0.4, -0.2) is 111 Å². The first-order chi connectivity index (χ1) is 28.4. The molecular formula is C45H55NO15. The molecule has 4 aliphatic rings. The average molecular weight is 850 g/mol. The monoisotopic (exact) mass is 849 g/mol. The molecular weight excluding hydrogens is 794 g/mol. The van der Waals surface area contributed by atoms with E-state index in [0.29, 0.717) is 5.56 Å². The van der Waals surface area contributed by atoms with Gasteiger partial charge in [-0.05, 0) is 63.5 Å². The van der Waals surface area contributed by atoms with E-state index >= 15 is 4.79 Å². The van der Waals surface area contributed by atoms with Crippen LogP contribution in [0.1, 0.15) is 97.1 Å². The van der Waals surface area contributed by atoms with E-state index in [-0.39, 0.29) is 29.7 Å². The number of benzene rings is 2. The number of rotatable bonds is 9. The van der Waals surface area contributed by atoms with E-state index in [1.807, 2.05) is 0 Å². The van der Waals surface area contributed by atoms with Gasteiger partial charge >= 0.3 is 30.0 Å². The molecule has 2 aromatic rings. The van der Waals surface area contributed by atoms with Crippen LogP contribution in [0, 0.1) is 16.7 Å². The molecule has 2 aromatic carbocycles.